The third kappa shape index (κ3) is 2.27. The molecule has 2 aromatic carbocycles. The van der Waals surface area contributed by atoms with Crippen molar-refractivity contribution >= 4 is 23.1 Å². The molecule has 0 radical (unpaired) electrons. The minimum Gasteiger partial charge on any atom is -0.492 e. The molecule has 0 saturated carbocycles. The van der Waals surface area contributed by atoms with Crippen molar-refractivity contribution in [2.24, 2.45) is 10.2 Å². The monoisotopic (exact) mass is 334 g/mol. The summed E-state index contributed by atoms with van der Waals surface area (Å²) in [6.45, 7) is 0. The molecule has 0 atom stereocenters. The maximum absolute atomic E-state index is 12.8. The molecule has 0 unspecified atom stereocenters. The van der Waals surface area contributed by atoms with Crippen molar-refractivity contribution in [1.29, 1.82) is 0 Å². The Morgan fingerprint density at radius 2 is 1.44 bits per heavy atom. The van der Waals surface area contributed by atoms with Crippen molar-refractivity contribution in [1.82, 2.24) is 9.97 Å². The van der Waals surface area contributed by atoms with Crippen molar-refractivity contribution < 1.29 is 14.7 Å². The second kappa shape index (κ2) is 5.38. The summed E-state index contributed by atoms with van der Waals surface area (Å²) in [4.78, 5) is 40.9. The maximum Gasteiger partial charge on any atom is 0.327 e. The minimum absolute atomic E-state index is 0.146. The second-order valence-electron chi connectivity index (χ2n) is 5.38. The first-order valence-corrected chi connectivity index (χ1v) is 7.30. The lowest BCUT2D eigenvalue weighted by atomic mass is 9.83. The number of H-pyrrole nitrogens is 2. The van der Waals surface area contributed by atoms with Crippen LogP contribution in [0.15, 0.2) is 57.5 Å². The van der Waals surface area contributed by atoms with Crippen molar-refractivity contribution in [3.8, 4) is 5.88 Å². The van der Waals surface area contributed by atoms with Gasteiger partial charge in [-0.25, -0.2) is 4.79 Å². The summed E-state index contributed by atoms with van der Waals surface area (Å²) < 4.78 is 0. The second-order valence-corrected chi connectivity index (χ2v) is 5.38. The molecule has 1 aliphatic rings. The highest BCUT2D eigenvalue weighted by atomic mass is 16.3. The molecular weight excluding hydrogens is 324 g/mol. The number of aromatic amines is 2. The number of imidazole rings is 1. The van der Waals surface area contributed by atoms with Crippen LogP contribution >= 0.6 is 0 Å². The fourth-order valence-corrected chi connectivity index (χ4v) is 2.75. The summed E-state index contributed by atoms with van der Waals surface area (Å²) in [7, 11) is 0. The summed E-state index contributed by atoms with van der Waals surface area (Å²) in [5, 5.41) is 17.2. The Hall–Kier alpha value is -3.81. The number of hydrogen-bond donors (Lipinski definition) is 3. The van der Waals surface area contributed by atoms with Crippen LogP contribution in [0.2, 0.25) is 0 Å². The van der Waals surface area contributed by atoms with Gasteiger partial charge in [0.2, 0.25) is 11.7 Å². The van der Waals surface area contributed by atoms with Gasteiger partial charge in [-0.3, -0.25) is 19.6 Å². The first kappa shape index (κ1) is 14.8. The van der Waals surface area contributed by atoms with E-state index in [1.54, 1.807) is 36.4 Å². The van der Waals surface area contributed by atoms with Gasteiger partial charge in [-0.1, -0.05) is 36.4 Å². The third-order valence-corrected chi connectivity index (χ3v) is 3.88. The third-order valence-electron chi connectivity index (χ3n) is 3.88. The molecule has 0 spiro atoms. The molecular formula is C17H10N4O4. The minimum atomic E-state index is -0.637. The van der Waals surface area contributed by atoms with E-state index in [-0.39, 0.29) is 34.2 Å². The van der Waals surface area contributed by atoms with Gasteiger partial charge < -0.3 is 5.11 Å². The van der Waals surface area contributed by atoms with E-state index in [0.717, 1.165) is 0 Å². The van der Waals surface area contributed by atoms with Crippen molar-refractivity contribution in [2.75, 3.05) is 0 Å². The molecule has 8 heteroatoms. The summed E-state index contributed by atoms with van der Waals surface area (Å²) in [6.07, 6.45) is 0. The van der Waals surface area contributed by atoms with Gasteiger partial charge in [-0.05, 0) is 6.07 Å². The van der Waals surface area contributed by atoms with Crippen LogP contribution in [0.4, 0.5) is 11.5 Å². The Bertz CT molecular complexity index is 1120. The van der Waals surface area contributed by atoms with E-state index in [9.17, 15) is 19.5 Å². The van der Waals surface area contributed by atoms with E-state index >= 15 is 0 Å². The number of carbonyl (C=O) groups is 2. The van der Waals surface area contributed by atoms with E-state index in [0.29, 0.717) is 11.1 Å². The number of aromatic hydroxyl groups is 1. The fourth-order valence-electron chi connectivity index (χ4n) is 2.75. The average molecular weight is 334 g/mol. The van der Waals surface area contributed by atoms with Crippen LogP contribution in [0, 0.1) is 0 Å². The smallest absolute Gasteiger partial charge is 0.327 e. The van der Waals surface area contributed by atoms with Gasteiger partial charge in [0.15, 0.2) is 11.6 Å². The molecule has 0 fully saturated rings. The standard InChI is InChI=1S/C17H10N4O4/c22-13-8-4-1-2-5-9(8)14(23)12-10(13)6-3-7-11(12)20-21-15-16(24)19-17(25)18-15/h1-7,24H,(H2,18,19,25). The normalized spacial score (nSPS) is 13.1. The SMILES string of the molecule is O=C1c2ccccc2C(=O)c2c(N=Nc3[nH]c(=O)[nH]c3O)cccc21. The highest BCUT2D eigenvalue weighted by Crippen LogP contribution is 2.34. The Kier molecular flexibility index (Phi) is 3.17. The first-order chi connectivity index (χ1) is 12.1. The molecule has 4 rings (SSSR count). The quantitative estimate of drug-likeness (QED) is 0.487. The number of nitrogens with zero attached hydrogens (tertiary/aromatic N) is 2. The van der Waals surface area contributed by atoms with Crippen LogP contribution in [-0.4, -0.2) is 26.6 Å². The number of rotatable bonds is 2. The van der Waals surface area contributed by atoms with Crippen LogP contribution in [0.25, 0.3) is 0 Å². The average Bonchev–Trinajstić information content (AvgIpc) is 2.95. The van der Waals surface area contributed by atoms with E-state index < -0.39 is 11.6 Å². The number of hydrogen-bond acceptors (Lipinski definition) is 6. The van der Waals surface area contributed by atoms with Crippen molar-refractivity contribution in [2.45, 2.75) is 0 Å². The lowest BCUT2D eigenvalue weighted by Crippen LogP contribution is -2.20. The van der Waals surface area contributed by atoms with Crippen molar-refractivity contribution in [3.05, 3.63) is 75.2 Å². The molecule has 8 nitrogen and oxygen atoms in total. The molecule has 0 bridgehead atoms. The Morgan fingerprint density at radius 1 is 0.760 bits per heavy atom. The molecule has 122 valence electrons. The summed E-state index contributed by atoms with van der Waals surface area (Å²) in [5.41, 5.74) is 0.579. The number of azo groups is 1. The first-order valence-electron chi connectivity index (χ1n) is 7.30. The number of ketones is 2. The van der Waals surface area contributed by atoms with E-state index in [1.807, 2.05) is 0 Å². The zero-order chi connectivity index (χ0) is 17.6. The van der Waals surface area contributed by atoms with Gasteiger partial charge in [-0.15, -0.1) is 10.2 Å². The summed E-state index contributed by atoms with van der Waals surface area (Å²) in [5.74, 6) is -1.23. The summed E-state index contributed by atoms with van der Waals surface area (Å²) in [6, 6.07) is 11.2. The Labute approximate surface area is 139 Å². The van der Waals surface area contributed by atoms with Gasteiger partial charge >= 0.3 is 5.69 Å². The molecule has 1 heterocycles. The predicted molar refractivity (Wildman–Crippen MR) is 87.0 cm³/mol. The molecule has 0 aliphatic heterocycles. The maximum atomic E-state index is 12.8. The number of carbonyl (C=O) groups excluding carboxylic acids is 2. The largest absolute Gasteiger partial charge is 0.492 e. The number of aromatic nitrogens is 2. The highest BCUT2D eigenvalue weighted by Gasteiger charge is 2.31. The van der Waals surface area contributed by atoms with Gasteiger partial charge in [0, 0.05) is 16.7 Å². The molecule has 0 saturated heterocycles. The van der Waals surface area contributed by atoms with Crippen molar-refractivity contribution in [3.63, 3.8) is 0 Å². The number of fused-ring (bicyclic) bond motifs is 2. The van der Waals surface area contributed by atoms with Gasteiger partial charge in [0.25, 0.3) is 0 Å². The molecule has 0 amide bonds. The summed E-state index contributed by atoms with van der Waals surface area (Å²) >= 11 is 0. The van der Waals surface area contributed by atoms with Crippen LogP contribution in [-0.2, 0) is 0 Å². The predicted octanol–water partition coefficient (Wildman–Crippen LogP) is 2.60. The lowest BCUT2D eigenvalue weighted by Gasteiger charge is -2.18. The molecule has 1 aromatic heterocycles. The molecule has 25 heavy (non-hydrogen) atoms. The van der Waals surface area contributed by atoms with Gasteiger partial charge in [-0.2, -0.15) is 0 Å². The van der Waals surface area contributed by atoms with Gasteiger partial charge in [0.05, 0.1) is 11.3 Å². The van der Waals surface area contributed by atoms with Crippen LogP contribution < -0.4 is 5.69 Å². The molecule has 3 N–H and O–H groups in total. The van der Waals surface area contributed by atoms with E-state index in [2.05, 4.69) is 20.2 Å². The van der Waals surface area contributed by atoms with Crippen LogP contribution in [0.3, 0.4) is 0 Å². The van der Waals surface area contributed by atoms with Gasteiger partial charge in [0.1, 0.15) is 0 Å². The number of benzene rings is 2. The van der Waals surface area contributed by atoms with E-state index in [1.165, 1.54) is 6.07 Å². The highest BCUT2D eigenvalue weighted by molar-refractivity contribution is 6.29. The topological polar surface area (TPSA) is 128 Å². The van der Waals surface area contributed by atoms with Crippen LogP contribution in [0.5, 0.6) is 5.88 Å². The van der Waals surface area contributed by atoms with E-state index in [4.69, 9.17) is 0 Å². The Balaban J connectivity index is 1.85. The fraction of sp³-hybridized carbons (Fsp3) is 0. The molecule has 1 aliphatic carbocycles. The number of nitrogens with one attached hydrogen (secondary N) is 2. The zero-order valence-electron chi connectivity index (χ0n) is 12.6. The lowest BCUT2D eigenvalue weighted by molar-refractivity contribution is 0.0979. The Morgan fingerprint density at radius 3 is 2.12 bits per heavy atom. The molecule has 3 aromatic rings. The zero-order valence-corrected chi connectivity index (χ0v) is 12.6. The van der Waals surface area contributed by atoms with Crippen LogP contribution in [0.1, 0.15) is 31.8 Å².